The highest BCUT2D eigenvalue weighted by atomic mass is 16.7. The van der Waals surface area contributed by atoms with E-state index in [0.29, 0.717) is 13.2 Å². The van der Waals surface area contributed by atoms with Crippen molar-refractivity contribution in [3.05, 3.63) is 0 Å². The molecule has 0 amide bonds. The molecule has 2 heterocycles. The lowest BCUT2D eigenvalue weighted by atomic mass is 9.92. The second kappa shape index (κ2) is 6.96. The van der Waals surface area contributed by atoms with E-state index in [2.05, 4.69) is 0 Å². The van der Waals surface area contributed by atoms with Crippen molar-refractivity contribution in [3.8, 4) is 0 Å². The molecule has 6 heteroatoms. The minimum Gasteiger partial charge on any atom is -0.465 e. The molecule has 0 saturated carbocycles. The van der Waals surface area contributed by atoms with Gasteiger partial charge in [0, 0.05) is 24.7 Å². The van der Waals surface area contributed by atoms with Crippen molar-refractivity contribution in [2.75, 3.05) is 13.2 Å². The zero-order valence-electron chi connectivity index (χ0n) is 13.9. The molecule has 2 saturated heterocycles. The zero-order valence-corrected chi connectivity index (χ0v) is 13.9. The summed E-state index contributed by atoms with van der Waals surface area (Å²) in [6, 6.07) is 0. The van der Waals surface area contributed by atoms with Crippen LogP contribution in [-0.4, -0.2) is 43.7 Å². The van der Waals surface area contributed by atoms with Gasteiger partial charge >= 0.3 is 11.9 Å². The van der Waals surface area contributed by atoms with Gasteiger partial charge in [0.05, 0.1) is 25.2 Å². The number of hydrogen-bond donors (Lipinski definition) is 0. The number of carbonyl (C=O) groups is 2. The summed E-state index contributed by atoms with van der Waals surface area (Å²) in [6.45, 7) is 9.92. The average Bonchev–Trinajstić information content (AvgIpc) is 2.83. The van der Waals surface area contributed by atoms with E-state index in [-0.39, 0.29) is 54.1 Å². The monoisotopic (exact) mass is 314 g/mol. The maximum Gasteiger partial charge on any atom is 0.309 e. The van der Waals surface area contributed by atoms with Gasteiger partial charge in [-0.2, -0.15) is 0 Å². The summed E-state index contributed by atoms with van der Waals surface area (Å²) in [4.78, 5) is 22.5. The number of ether oxygens (including phenoxy) is 4. The Hall–Kier alpha value is -1.14. The SMILES string of the molecule is CC(=O)OC[C@H]1[C@H](C)[C@H](OC[C@H]2[C@H](C)C(=O)O[C@@H]2C)O[C@@H]1C. The van der Waals surface area contributed by atoms with Gasteiger partial charge < -0.3 is 18.9 Å². The first-order chi connectivity index (χ1) is 10.3. The van der Waals surface area contributed by atoms with Crippen LogP contribution in [0.2, 0.25) is 0 Å². The Morgan fingerprint density at radius 1 is 1.09 bits per heavy atom. The van der Waals surface area contributed by atoms with Crippen LogP contribution in [0.25, 0.3) is 0 Å². The van der Waals surface area contributed by atoms with E-state index < -0.39 is 0 Å². The highest BCUT2D eigenvalue weighted by molar-refractivity contribution is 5.74. The second-order valence-corrected chi connectivity index (χ2v) is 6.46. The van der Waals surface area contributed by atoms with Crippen LogP contribution in [0.15, 0.2) is 0 Å². The third-order valence-electron chi connectivity index (χ3n) is 4.91. The number of cyclic esters (lactones) is 1. The highest BCUT2D eigenvalue weighted by Gasteiger charge is 2.43. The quantitative estimate of drug-likeness (QED) is 0.720. The molecule has 0 spiro atoms. The van der Waals surface area contributed by atoms with Crippen molar-refractivity contribution in [2.45, 2.75) is 53.1 Å². The molecule has 2 rings (SSSR count). The number of hydrogen-bond acceptors (Lipinski definition) is 6. The van der Waals surface area contributed by atoms with E-state index in [1.807, 2.05) is 27.7 Å². The Balaban J connectivity index is 1.86. The topological polar surface area (TPSA) is 71.1 Å². The molecule has 0 radical (unpaired) electrons. The summed E-state index contributed by atoms with van der Waals surface area (Å²) < 4.78 is 22.1. The molecule has 0 aromatic rings. The van der Waals surface area contributed by atoms with Gasteiger partial charge in [-0.3, -0.25) is 9.59 Å². The summed E-state index contributed by atoms with van der Waals surface area (Å²) in [5, 5.41) is 0. The molecular weight excluding hydrogens is 288 g/mol. The minimum absolute atomic E-state index is 0.0318. The van der Waals surface area contributed by atoms with E-state index in [1.54, 1.807) is 0 Å². The first-order valence-electron chi connectivity index (χ1n) is 7.92. The minimum atomic E-state index is -0.342. The van der Waals surface area contributed by atoms with Crippen LogP contribution in [-0.2, 0) is 28.5 Å². The van der Waals surface area contributed by atoms with E-state index in [9.17, 15) is 9.59 Å². The maximum absolute atomic E-state index is 11.6. The lowest BCUT2D eigenvalue weighted by Crippen LogP contribution is -2.29. The van der Waals surface area contributed by atoms with Crippen LogP contribution in [0.4, 0.5) is 0 Å². The largest absolute Gasteiger partial charge is 0.465 e. The Kier molecular flexibility index (Phi) is 5.45. The fraction of sp³-hybridized carbons (Fsp3) is 0.875. The van der Waals surface area contributed by atoms with Crippen molar-refractivity contribution in [1.29, 1.82) is 0 Å². The molecule has 0 aromatic carbocycles. The van der Waals surface area contributed by atoms with Crippen LogP contribution in [0.5, 0.6) is 0 Å². The lowest BCUT2D eigenvalue weighted by molar-refractivity contribution is -0.155. The van der Waals surface area contributed by atoms with Crippen LogP contribution in [0.3, 0.4) is 0 Å². The van der Waals surface area contributed by atoms with Gasteiger partial charge in [0.15, 0.2) is 6.29 Å². The van der Waals surface area contributed by atoms with Gasteiger partial charge in [-0.25, -0.2) is 0 Å². The van der Waals surface area contributed by atoms with Crippen molar-refractivity contribution < 1.29 is 28.5 Å². The number of esters is 2. The van der Waals surface area contributed by atoms with Gasteiger partial charge in [-0.05, 0) is 13.8 Å². The molecule has 0 aromatic heterocycles. The zero-order chi connectivity index (χ0) is 16.4. The Bertz CT molecular complexity index is 423. The Morgan fingerprint density at radius 2 is 1.77 bits per heavy atom. The van der Waals surface area contributed by atoms with Gasteiger partial charge in [0.25, 0.3) is 0 Å². The van der Waals surface area contributed by atoms with Crippen LogP contribution < -0.4 is 0 Å². The summed E-state index contributed by atoms with van der Waals surface area (Å²) in [5.74, 6) is -0.314. The van der Waals surface area contributed by atoms with Gasteiger partial charge in [-0.1, -0.05) is 13.8 Å². The third-order valence-corrected chi connectivity index (χ3v) is 4.91. The van der Waals surface area contributed by atoms with E-state index >= 15 is 0 Å². The number of carbonyl (C=O) groups excluding carboxylic acids is 2. The third kappa shape index (κ3) is 3.60. The molecular formula is C16H26O6. The predicted molar refractivity (Wildman–Crippen MR) is 77.8 cm³/mol. The molecule has 22 heavy (non-hydrogen) atoms. The maximum atomic E-state index is 11.6. The summed E-state index contributed by atoms with van der Waals surface area (Å²) in [6.07, 6.45) is -0.505. The average molecular weight is 314 g/mol. The van der Waals surface area contributed by atoms with Crippen LogP contribution in [0.1, 0.15) is 34.6 Å². The predicted octanol–water partition coefficient (Wildman–Crippen LogP) is 1.76. The molecule has 0 unspecified atom stereocenters. The van der Waals surface area contributed by atoms with Crippen LogP contribution in [0, 0.1) is 23.7 Å². The van der Waals surface area contributed by atoms with E-state index in [0.717, 1.165) is 0 Å². The molecule has 0 bridgehead atoms. The normalized spacial score (nSPS) is 41.5. The molecule has 2 aliphatic rings. The van der Waals surface area contributed by atoms with E-state index in [1.165, 1.54) is 6.92 Å². The van der Waals surface area contributed by atoms with Crippen molar-refractivity contribution in [3.63, 3.8) is 0 Å². The molecule has 7 atom stereocenters. The molecule has 126 valence electrons. The second-order valence-electron chi connectivity index (χ2n) is 6.46. The fourth-order valence-electron chi connectivity index (χ4n) is 3.20. The first kappa shape index (κ1) is 17.2. The summed E-state index contributed by atoms with van der Waals surface area (Å²) in [7, 11) is 0. The van der Waals surface area contributed by atoms with Gasteiger partial charge in [0.2, 0.25) is 0 Å². The Labute approximate surface area is 131 Å². The smallest absolute Gasteiger partial charge is 0.309 e. The molecule has 0 N–H and O–H groups in total. The Morgan fingerprint density at radius 3 is 2.32 bits per heavy atom. The molecule has 2 fully saturated rings. The number of rotatable bonds is 5. The molecule has 6 nitrogen and oxygen atoms in total. The van der Waals surface area contributed by atoms with Crippen molar-refractivity contribution >= 4 is 11.9 Å². The summed E-state index contributed by atoms with van der Waals surface area (Å²) >= 11 is 0. The highest BCUT2D eigenvalue weighted by Crippen LogP contribution is 2.35. The lowest BCUT2D eigenvalue weighted by Gasteiger charge is -2.22. The standard InChI is InChI=1S/C16H26O6/c1-8-13(10(3)21-15(8)18)7-20-16-9(2)14(11(4)22-16)6-19-12(5)17/h8-11,13-14,16H,6-7H2,1-5H3/t8-,9-,10+,11+,13-,14-,16+/m0/s1. The molecule has 0 aliphatic carbocycles. The van der Waals surface area contributed by atoms with E-state index in [4.69, 9.17) is 18.9 Å². The van der Waals surface area contributed by atoms with Crippen molar-refractivity contribution in [1.82, 2.24) is 0 Å². The fourth-order valence-corrected chi connectivity index (χ4v) is 3.20. The first-order valence-corrected chi connectivity index (χ1v) is 7.92. The van der Waals surface area contributed by atoms with Gasteiger partial charge in [0.1, 0.15) is 6.10 Å². The summed E-state index contributed by atoms with van der Waals surface area (Å²) in [5.41, 5.74) is 0. The molecule has 2 aliphatic heterocycles. The van der Waals surface area contributed by atoms with Crippen LogP contribution >= 0.6 is 0 Å². The van der Waals surface area contributed by atoms with Crippen molar-refractivity contribution in [2.24, 2.45) is 23.7 Å². The van der Waals surface area contributed by atoms with Gasteiger partial charge in [-0.15, -0.1) is 0 Å².